The van der Waals surface area contributed by atoms with E-state index in [2.05, 4.69) is 10.6 Å². The molecular weight excluding hydrogens is 334 g/mol. The second kappa shape index (κ2) is 10.5. The van der Waals surface area contributed by atoms with Crippen molar-refractivity contribution in [1.29, 1.82) is 0 Å². The molecule has 2 atom stereocenters. The number of urea groups is 1. The second-order valence-corrected chi connectivity index (χ2v) is 6.46. The van der Waals surface area contributed by atoms with Gasteiger partial charge in [0.2, 0.25) is 0 Å². The Bertz CT molecular complexity index is 488. The van der Waals surface area contributed by atoms with Crippen molar-refractivity contribution in [2.45, 2.75) is 64.1 Å². The van der Waals surface area contributed by atoms with Crippen LogP contribution >= 0.6 is 0 Å². The van der Waals surface area contributed by atoms with Gasteiger partial charge in [-0.05, 0) is 46.6 Å². The summed E-state index contributed by atoms with van der Waals surface area (Å²) in [7, 11) is 0. The third kappa shape index (κ3) is 10.9. The van der Waals surface area contributed by atoms with Crippen LogP contribution in [-0.4, -0.2) is 58.4 Å². The quantitative estimate of drug-likeness (QED) is 0.340. The van der Waals surface area contributed by atoms with Crippen LogP contribution in [0.1, 0.15) is 46.5 Å². The highest BCUT2D eigenvalue weighted by molar-refractivity contribution is 5.86. The van der Waals surface area contributed by atoms with E-state index in [9.17, 15) is 19.2 Å². The lowest BCUT2D eigenvalue weighted by molar-refractivity contribution is -0.157. The minimum Gasteiger partial charge on any atom is -0.481 e. The first-order chi connectivity index (χ1) is 11.5. The molecule has 10 heteroatoms. The van der Waals surface area contributed by atoms with Crippen LogP contribution in [0.25, 0.3) is 0 Å². The van der Waals surface area contributed by atoms with Crippen molar-refractivity contribution in [3.05, 3.63) is 0 Å². The molecule has 10 nitrogen and oxygen atoms in total. The summed E-state index contributed by atoms with van der Waals surface area (Å²) in [6, 6.07) is -3.27. The summed E-state index contributed by atoms with van der Waals surface area (Å²) in [5, 5.41) is 22.1. The molecule has 0 saturated heterocycles. The Balaban J connectivity index is 4.84. The van der Waals surface area contributed by atoms with Gasteiger partial charge in [0.1, 0.15) is 17.7 Å². The van der Waals surface area contributed by atoms with Gasteiger partial charge in [0.05, 0.1) is 0 Å². The maximum atomic E-state index is 12.1. The Kier molecular flexibility index (Phi) is 9.50. The van der Waals surface area contributed by atoms with E-state index in [4.69, 9.17) is 20.7 Å². The summed E-state index contributed by atoms with van der Waals surface area (Å²) in [4.78, 5) is 45.7. The lowest BCUT2D eigenvalue weighted by atomic mass is 10.1. The maximum absolute atomic E-state index is 12.1. The van der Waals surface area contributed by atoms with E-state index in [1.165, 1.54) is 0 Å². The molecule has 0 unspecified atom stereocenters. The molecule has 0 aliphatic rings. The van der Waals surface area contributed by atoms with Crippen LogP contribution in [0.4, 0.5) is 4.79 Å². The lowest BCUT2D eigenvalue weighted by Gasteiger charge is -2.25. The van der Waals surface area contributed by atoms with E-state index >= 15 is 0 Å². The monoisotopic (exact) mass is 361 g/mol. The van der Waals surface area contributed by atoms with Gasteiger partial charge >= 0.3 is 23.9 Å². The summed E-state index contributed by atoms with van der Waals surface area (Å²) in [6.45, 7) is 5.34. The summed E-state index contributed by atoms with van der Waals surface area (Å²) in [5.41, 5.74) is 4.66. The average molecular weight is 361 g/mol. The number of nitrogens with one attached hydrogen (secondary N) is 2. The number of carboxylic acid groups (broad SMARTS) is 2. The predicted molar refractivity (Wildman–Crippen MR) is 87.9 cm³/mol. The zero-order valence-electron chi connectivity index (χ0n) is 14.7. The van der Waals surface area contributed by atoms with Gasteiger partial charge < -0.3 is 31.3 Å². The Hall–Kier alpha value is -2.36. The third-order valence-corrected chi connectivity index (χ3v) is 2.94. The molecule has 2 amide bonds. The molecule has 0 aromatic carbocycles. The third-order valence-electron chi connectivity index (χ3n) is 2.94. The Morgan fingerprint density at radius 2 is 1.60 bits per heavy atom. The summed E-state index contributed by atoms with van der Waals surface area (Å²) in [5.74, 6) is -3.20. The van der Waals surface area contributed by atoms with Crippen LogP contribution in [-0.2, 0) is 19.1 Å². The van der Waals surface area contributed by atoms with Crippen LogP contribution in [0.2, 0.25) is 0 Å². The normalized spacial score (nSPS) is 13.4. The largest absolute Gasteiger partial charge is 0.481 e. The van der Waals surface area contributed by atoms with Crippen molar-refractivity contribution < 1.29 is 34.1 Å². The van der Waals surface area contributed by atoms with E-state index in [1.54, 1.807) is 20.8 Å². The van der Waals surface area contributed by atoms with Gasteiger partial charge in [0, 0.05) is 6.42 Å². The first kappa shape index (κ1) is 22.6. The number of rotatable bonds is 10. The number of carbonyl (C=O) groups excluding carboxylic acids is 2. The summed E-state index contributed by atoms with van der Waals surface area (Å²) < 4.78 is 5.21. The van der Waals surface area contributed by atoms with Crippen molar-refractivity contribution in [1.82, 2.24) is 10.6 Å². The molecule has 144 valence electrons. The van der Waals surface area contributed by atoms with E-state index in [1.807, 2.05) is 0 Å². The molecule has 0 aliphatic carbocycles. The minimum absolute atomic E-state index is 0.228. The Morgan fingerprint density at radius 3 is 2.04 bits per heavy atom. The fourth-order valence-corrected chi connectivity index (χ4v) is 1.83. The fourth-order valence-electron chi connectivity index (χ4n) is 1.83. The van der Waals surface area contributed by atoms with Crippen molar-refractivity contribution in [2.24, 2.45) is 5.73 Å². The SMILES string of the molecule is CC(C)(C)OC(=O)[C@H](CCCN)NC(=O)N[C@@H](CCC(=O)O)C(=O)O. The molecule has 0 aliphatic heterocycles. The zero-order valence-corrected chi connectivity index (χ0v) is 14.7. The summed E-state index contributed by atoms with van der Waals surface area (Å²) in [6.07, 6.45) is -0.0187. The molecule has 0 fully saturated rings. The highest BCUT2D eigenvalue weighted by atomic mass is 16.6. The van der Waals surface area contributed by atoms with Gasteiger partial charge in [0.15, 0.2) is 0 Å². The van der Waals surface area contributed by atoms with Gasteiger partial charge in [-0.3, -0.25) is 4.79 Å². The van der Waals surface area contributed by atoms with Crippen LogP contribution < -0.4 is 16.4 Å². The van der Waals surface area contributed by atoms with Gasteiger partial charge in [-0.15, -0.1) is 0 Å². The molecule has 0 rings (SSSR count). The molecular formula is C15H27N3O7. The second-order valence-electron chi connectivity index (χ2n) is 6.46. The van der Waals surface area contributed by atoms with Crippen molar-refractivity contribution in [3.63, 3.8) is 0 Å². The van der Waals surface area contributed by atoms with E-state index in [-0.39, 0.29) is 12.8 Å². The fraction of sp³-hybridized carbons (Fsp3) is 0.733. The van der Waals surface area contributed by atoms with Crippen molar-refractivity contribution in [2.75, 3.05) is 6.54 Å². The van der Waals surface area contributed by atoms with Gasteiger partial charge in [-0.1, -0.05) is 0 Å². The van der Waals surface area contributed by atoms with E-state index < -0.39 is 48.0 Å². The number of aliphatic carboxylic acids is 2. The molecule has 0 bridgehead atoms. The number of hydrogen-bond donors (Lipinski definition) is 5. The predicted octanol–water partition coefficient (Wildman–Crippen LogP) is 0.0528. The Labute approximate surface area is 146 Å². The number of amides is 2. The zero-order chi connectivity index (χ0) is 19.6. The van der Waals surface area contributed by atoms with Gasteiger partial charge in [0.25, 0.3) is 0 Å². The van der Waals surface area contributed by atoms with E-state index in [0.717, 1.165) is 0 Å². The molecule has 0 radical (unpaired) electrons. The maximum Gasteiger partial charge on any atom is 0.329 e. The van der Waals surface area contributed by atoms with Crippen molar-refractivity contribution in [3.8, 4) is 0 Å². The smallest absolute Gasteiger partial charge is 0.329 e. The van der Waals surface area contributed by atoms with Gasteiger partial charge in [-0.2, -0.15) is 0 Å². The number of carbonyl (C=O) groups is 4. The van der Waals surface area contributed by atoms with Crippen LogP contribution in [0, 0.1) is 0 Å². The van der Waals surface area contributed by atoms with Crippen molar-refractivity contribution >= 4 is 23.9 Å². The van der Waals surface area contributed by atoms with Crippen LogP contribution in [0.15, 0.2) is 0 Å². The number of ether oxygens (including phenoxy) is 1. The molecule has 0 saturated carbocycles. The average Bonchev–Trinajstić information content (AvgIpc) is 2.45. The Morgan fingerprint density at radius 1 is 1.04 bits per heavy atom. The lowest BCUT2D eigenvalue weighted by Crippen LogP contribution is -2.52. The van der Waals surface area contributed by atoms with Gasteiger partial charge in [-0.25, -0.2) is 14.4 Å². The highest BCUT2D eigenvalue weighted by Gasteiger charge is 2.28. The number of hydrogen-bond acceptors (Lipinski definition) is 6. The molecule has 0 aromatic heterocycles. The first-order valence-electron chi connectivity index (χ1n) is 7.90. The minimum atomic E-state index is -1.38. The topological polar surface area (TPSA) is 168 Å². The number of carboxylic acids is 2. The molecule has 0 spiro atoms. The number of esters is 1. The molecule has 0 heterocycles. The molecule has 0 aromatic rings. The molecule has 25 heavy (non-hydrogen) atoms. The van der Waals surface area contributed by atoms with Crippen LogP contribution in [0.3, 0.4) is 0 Å². The summed E-state index contributed by atoms with van der Waals surface area (Å²) >= 11 is 0. The standard InChI is InChI=1S/C15H27N3O7/c1-15(2,3)25-13(23)10(5-4-8-16)18-14(24)17-9(12(21)22)6-7-11(19)20/h9-10H,4-8,16H2,1-3H3,(H,19,20)(H,21,22)(H2,17,18,24)/t9-,10-/m0/s1. The first-order valence-corrected chi connectivity index (χ1v) is 7.90. The number of nitrogens with two attached hydrogens (primary N) is 1. The van der Waals surface area contributed by atoms with E-state index in [0.29, 0.717) is 13.0 Å². The highest BCUT2D eigenvalue weighted by Crippen LogP contribution is 2.10. The van der Waals surface area contributed by atoms with Crippen LogP contribution in [0.5, 0.6) is 0 Å². The molecule has 6 N–H and O–H groups in total.